The summed E-state index contributed by atoms with van der Waals surface area (Å²) < 4.78 is 0. The predicted molar refractivity (Wildman–Crippen MR) is 78.2 cm³/mol. The second kappa shape index (κ2) is 6.45. The number of aromatic nitrogens is 2. The Hall–Kier alpha value is -1.98. The molecule has 0 aliphatic carbocycles. The van der Waals surface area contributed by atoms with Crippen LogP contribution >= 0.6 is 11.6 Å². The monoisotopic (exact) mass is 290 g/mol. The molecular formula is C14H15ClN4O. The third-order valence-electron chi connectivity index (χ3n) is 3.02. The van der Waals surface area contributed by atoms with E-state index in [1.54, 1.807) is 19.1 Å². The van der Waals surface area contributed by atoms with Gasteiger partial charge >= 0.3 is 0 Å². The van der Waals surface area contributed by atoms with Crippen molar-refractivity contribution < 1.29 is 4.79 Å². The molecule has 2 rings (SSSR count). The first-order chi connectivity index (χ1) is 9.58. The molecule has 0 fully saturated rings. The lowest BCUT2D eigenvalue weighted by atomic mass is 9.95. The van der Waals surface area contributed by atoms with Gasteiger partial charge in [0.1, 0.15) is 0 Å². The maximum absolute atomic E-state index is 12.1. The Morgan fingerprint density at radius 3 is 2.50 bits per heavy atom. The topological polar surface area (TPSA) is 80.9 Å². The third kappa shape index (κ3) is 3.53. The van der Waals surface area contributed by atoms with Crippen molar-refractivity contribution in [1.29, 1.82) is 0 Å². The molecule has 5 nitrogen and oxygen atoms in total. The first kappa shape index (κ1) is 14.4. The molecule has 0 saturated heterocycles. The van der Waals surface area contributed by atoms with Gasteiger partial charge in [0, 0.05) is 6.04 Å². The highest BCUT2D eigenvalue weighted by atomic mass is 35.5. The number of anilines is 1. The summed E-state index contributed by atoms with van der Waals surface area (Å²) in [4.78, 5) is 12.1. The zero-order valence-corrected chi connectivity index (χ0v) is 11.7. The van der Waals surface area contributed by atoms with Crippen molar-refractivity contribution in [2.45, 2.75) is 13.0 Å². The van der Waals surface area contributed by atoms with Gasteiger partial charge in [0.25, 0.3) is 0 Å². The number of amides is 1. The van der Waals surface area contributed by atoms with E-state index in [9.17, 15) is 4.79 Å². The number of nitrogens with zero attached hydrogens (tertiary/aromatic N) is 2. The fourth-order valence-electron chi connectivity index (χ4n) is 1.75. The number of rotatable bonds is 4. The van der Waals surface area contributed by atoms with Crippen LogP contribution < -0.4 is 11.1 Å². The van der Waals surface area contributed by atoms with Crippen LogP contribution in [0.3, 0.4) is 0 Å². The van der Waals surface area contributed by atoms with E-state index < -0.39 is 5.92 Å². The first-order valence-corrected chi connectivity index (χ1v) is 6.56. The number of hydrogen-bond acceptors (Lipinski definition) is 4. The second-order valence-electron chi connectivity index (χ2n) is 4.46. The maximum Gasteiger partial charge on any atom is 0.230 e. The smallest absolute Gasteiger partial charge is 0.230 e. The van der Waals surface area contributed by atoms with Crippen LogP contribution in [0, 0.1) is 5.92 Å². The summed E-state index contributed by atoms with van der Waals surface area (Å²) in [6.45, 7) is 1.77. The number of halogens is 1. The number of nitrogens with one attached hydrogen (secondary N) is 1. The summed E-state index contributed by atoms with van der Waals surface area (Å²) in [5.74, 6) is -0.251. The van der Waals surface area contributed by atoms with Gasteiger partial charge in [-0.15, -0.1) is 10.2 Å². The van der Waals surface area contributed by atoms with Gasteiger partial charge in [-0.25, -0.2) is 0 Å². The molecule has 0 bridgehead atoms. The lowest BCUT2D eigenvalue weighted by Gasteiger charge is -2.19. The zero-order valence-electron chi connectivity index (χ0n) is 11.0. The largest absolute Gasteiger partial charge is 0.323 e. The first-order valence-electron chi connectivity index (χ1n) is 6.18. The standard InChI is InChI=1S/C14H15ClN4O/c1-9(13(16)10-5-3-2-4-6-10)14(20)17-12-8-7-11(15)18-19-12/h2-9,13H,16H2,1H3,(H,17,19,20). The average molecular weight is 291 g/mol. The van der Waals surface area contributed by atoms with Crippen LogP contribution in [0.5, 0.6) is 0 Å². The summed E-state index contributed by atoms with van der Waals surface area (Å²) in [6.07, 6.45) is 0. The molecule has 0 saturated carbocycles. The molecule has 2 unspecified atom stereocenters. The van der Waals surface area contributed by atoms with Crippen molar-refractivity contribution in [3.8, 4) is 0 Å². The summed E-state index contributed by atoms with van der Waals surface area (Å²) in [5, 5.41) is 10.4. The fourth-order valence-corrected chi connectivity index (χ4v) is 1.85. The molecule has 3 N–H and O–H groups in total. The SMILES string of the molecule is CC(C(=O)Nc1ccc(Cl)nn1)C(N)c1ccccc1. The molecule has 1 aromatic heterocycles. The number of nitrogens with two attached hydrogens (primary N) is 1. The van der Waals surface area contributed by atoms with Crippen molar-refractivity contribution in [1.82, 2.24) is 10.2 Å². The fraction of sp³-hybridized carbons (Fsp3) is 0.214. The molecule has 1 amide bonds. The predicted octanol–water partition coefficient (Wildman–Crippen LogP) is 2.40. The highest BCUT2D eigenvalue weighted by molar-refractivity contribution is 6.29. The van der Waals surface area contributed by atoms with E-state index in [1.807, 2.05) is 30.3 Å². The Morgan fingerprint density at radius 1 is 1.20 bits per heavy atom. The molecule has 0 radical (unpaired) electrons. The van der Waals surface area contributed by atoms with Gasteiger partial charge in [-0.2, -0.15) is 0 Å². The molecule has 2 aromatic rings. The summed E-state index contributed by atoms with van der Waals surface area (Å²) in [5.41, 5.74) is 7.01. The molecule has 0 spiro atoms. The van der Waals surface area contributed by atoms with Crippen LogP contribution in [0.2, 0.25) is 5.15 Å². The number of hydrogen-bond donors (Lipinski definition) is 2. The third-order valence-corrected chi connectivity index (χ3v) is 3.22. The average Bonchev–Trinajstić information content (AvgIpc) is 2.49. The molecule has 0 aliphatic rings. The highest BCUT2D eigenvalue weighted by Crippen LogP contribution is 2.20. The van der Waals surface area contributed by atoms with Crippen LogP contribution in [0.1, 0.15) is 18.5 Å². The van der Waals surface area contributed by atoms with E-state index in [0.29, 0.717) is 5.82 Å². The minimum atomic E-state index is -0.394. The molecule has 6 heteroatoms. The summed E-state index contributed by atoms with van der Waals surface area (Å²) in [7, 11) is 0. The number of carbonyl (C=O) groups excluding carboxylic acids is 1. The minimum absolute atomic E-state index is 0.210. The molecule has 20 heavy (non-hydrogen) atoms. The van der Waals surface area contributed by atoms with Crippen LogP contribution in [0.4, 0.5) is 5.82 Å². The highest BCUT2D eigenvalue weighted by Gasteiger charge is 2.22. The van der Waals surface area contributed by atoms with Gasteiger partial charge in [0.05, 0.1) is 5.92 Å². The van der Waals surface area contributed by atoms with Gasteiger partial charge < -0.3 is 11.1 Å². The molecule has 104 valence electrons. The molecule has 0 aliphatic heterocycles. The van der Waals surface area contributed by atoms with E-state index in [1.165, 1.54) is 0 Å². The Bertz CT molecular complexity index is 573. The van der Waals surface area contributed by atoms with Crippen LogP contribution in [-0.4, -0.2) is 16.1 Å². The maximum atomic E-state index is 12.1. The van der Waals surface area contributed by atoms with E-state index >= 15 is 0 Å². The summed E-state index contributed by atoms with van der Waals surface area (Å²) in [6, 6.07) is 12.3. The zero-order chi connectivity index (χ0) is 14.5. The molecule has 1 aromatic carbocycles. The van der Waals surface area contributed by atoms with Gasteiger partial charge in [-0.05, 0) is 17.7 Å². The van der Waals surface area contributed by atoms with Gasteiger partial charge in [-0.1, -0.05) is 48.9 Å². The van der Waals surface area contributed by atoms with Crippen LogP contribution in [0.15, 0.2) is 42.5 Å². The lowest BCUT2D eigenvalue weighted by Crippen LogP contribution is -2.30. The molecule has 2 atom stereocenters. The van der Waals surface area contributed by atoms with E-state index in [0.717, 1.165) is 5.56 Å². The van der Waals surface area contributed by atoms with Crippen molar-refractivity contribution in [2.75, 3.05) is 5.32 Å². The number of carbonyl (C=O) groups is 1. The number of benzene rings is 1. The Balaban J connectivity index is 2.03. The molecule has 1 heterocycles. The van der Waals surface area contributed by atoms with Crippen LogP contribution in [0.25, 0.3) is 0 Å². The Kier molecular flexibility index (Phi) is 4.65. The van der Waals surface area contributed by atoms with Crippen molar-refractivity contribution in [2.24, 2.45) is 11.7 Å². The van der Waals surface area contributed by atoms with E-state index in [2.05, 4.69) is 15.5 Å². The normalized spacial score (nSPS) is 13.6. The van der Waals surface area contributed by atoms with Crippen molar-refractivity contribution in [3.05, 3.63) is 53.2 Å². The molecular weight excluding hydrogens is 276 g/mol. The van der Waals surface area contributed by atoms with E-state index in [-0.39, 0.29) is 17.1 Å². The lowest BCUT2D eigenvalue weighted by molar-refractivity contribution is -0.120. The van der Waals surface area contributed by atoms with Gasteiger partial charge in [-0.3, -0.25) is 4.79 Å². The Morgan fingerprint density at radius 2 is 1.90 bits per heavy atom. The van der Waals surface area contributed by atoms with Crippen LogP contribution in [-0.2, 0) is 4.79 Å². The minimum Gasteiger partial charge on any atom is -0.323 e. The van der Waals surface area contributed by atoms with Gasteiger partial charge in [0.15, 0.2) is 11.0 Å². The second-order valence-corrected chi connectivity index (χ2v) is 4.84. The quantitative estimate of drug-likeness (QED) is 0.906. The van der Waals surface area contributed by atoms with E-state index in [4.69, 9.17) is 17.3 Å². The van der Waals surface area contributed by atoms with Crippen molar-refractivity contribution in [3.63, 3.8) is 0 Å². The van der Waals surface area contributed by atoms with Gasteiger partial charge in [0.2, 0.25) is 5.91 Å². The summed E-state index contributed by atoms with van der Waals surface area (Å²) >= 11 is 5.63. The van der Waals surface area contributed by atoms with Crippen molar-refractivity contribution >= 4 is 23.3 Å². The Labute approximate surface area is 122 Å².